The average molecular weight is 288 g/mol. The third-order valence-corrected chi connectivity index (χ3v) is 3.18. The second kappa shape index (κ2) is 4.97. The van der Waals surface area contributed by atoms with E-state index >= 15 is 0 Å². The quantitative estimate of drug-likeness (QED) is 0.806. The van der Waals surface area contributed by atoms with E-state index in [1.54, 1.807) is 18.2 Å². The van der Waals surface area contributed by atoms with Crippen LogP contribution in [0.4, 0.5) is 8.78 Å². The van der Waals surface area contributed by atoms with Gasteiger partial charge in [0.2, 0.25) is 0 Å². The van der Waals surface area contributed by atoms with Crippen LogP contribution in [-0.2, 0) is 11.3 Å². The summed E-state index contributed by atoms with van der Waals surface area (Å²) >= 11 is 0. The van der Waals surface area contributed by atoms with E-state index < -0.39 is 17.6 Å². The summed E-state index contributed by atoms with van der Waals surface area (Å²) in [5, 5.41) is 13.5. The largest absolute Gasteiger partial charge is 0.480 e. The summed E-state index contributed by atoms with van der Waals surface area (Å²) < 4.78 is 29.2. The van der Waals surface area contributed by atoms with Gasteiger partial charge >= 0.3 is 5.97 Å². The Morgan fingerprint density at radius 1 is 1.14 bits per heavy atom. The maximum absolute atomic E-state index is 14.0. The van der Waals surface area contributed by atoms with E-state index in [0.29, 0.717) is 10.9 Å². The third-order valence-electron chi connectivity index (χ3n) is 3.18. The molecule has 0 spiro atoms. The van der Waals surface area contributed by atoms with Crippen LogP contribution in [-0.4, -0.2) is 20.9 Å². The molecule has 106 valence electrons. The van der Waals surface area contributed by atoms with Crippen molar-refractivity contribution in [1.29, 1.82) is 0 Å². The summed E-state index contributed by atoms with van der Waals surface area (Å²) in [6, 6.07) is 8.51. The number of carboxylic acids is 1. The fourth-order valence-corrected chi connectivity index (χ4v) is 2.35. The van der Waals surface area contributed by atoms with Crippen molar-refractivity contribution >= 4 is 16.9 Å². The first-order valence-corrected chi connectivity index (χ1v) is 6.18. The second-order valence-corrected chi connectivity index (χ2v) is 4.54. The Labute approximate surface area is 118 Å². The molecule has 1 N–H and O–H groups in total. The number of para-hydroxylation sites is 1. The molecule has 0 aliphatic carbocycles. The molecule has 3 aromatic rings. The number of benzene rings is 2. The zero-order chi connectivity index (χ0) is 15.0. The number of carboxylic acid groups (broad SMARTS) is 1. The summed E-state index contributed by atoms with van der Waals surface area (Å²) in [7, 11) is 0. The smallest absolute Gasteiger partial charge is 0.325 e. The van der Waals surface area contributed by atoms with Crippen molar-refractivity contribution in [3.8, 4) is 11.1 Å². The number of nitrogens with zero attached hydrogens (tertiary/aromatic N) is 2. The molecular formula is C15H10F2N2O2. The molecular weight excluding hydrogens is 278 g/mol. The first-order chi connectivity index (χ1) is 10.1. The summed E-state index contributed by atoms with van der Waals surface area (Å²) in [5.74, 6) is -2.49. The highest BCUT2D eigenvalue weighted by molar-refractivity contribution is 5.94. The van der Waals surface area contributed by atoms with Gasteiger partial charge in [0.15, 0.2) is 0 Å². The molecule has 0 aliphatic rings. The molecule has 2 aromatic carbocycles. The topological polar surface area (TPSA) is 55.1 Å². The normalized spacial score (nSPS) is 11.0. The lowest BCUT2D eigenvalue weighted by Crippen LogP contribution is -2.10. The Morgan fingerprint density at radius 3 is 2.48 bits per heavy atom. The van der Waals surface area contributed by atoms with Crippen LogP contribution in [0, 0.1) is 11.6 Å². The van der Waals surface area contributed by atoms with Crippen LogP contribution in [0.2, 0.25) is 0 Å². The van der Waals surface area contributed by atoms with Crippen molar-refractivity contribution in [2.24, 2.45) is 0 Å². The Balaban J connectivity index is 2.32. The number of carbonyl (C=O) groups is 1. The monoisotopic (exact) mass is 288 g/mol. The Bertz CT molecular complexity index is 823. The average Bonchev–Trinajstić information content (AvgIpc) is 2.82. The van der Waals surface area contributed by atoms with Crippen LogP contribution < -0.4 is 0 Å². The summed E-state index contributed by atoms with van der Waals surface area (Å²) in [4.78, 5) is 10.9. The zero-order valence-corrected chi connectivity index (χ0v) is 10.8. The van der Waals surface area contributed by atoms with E-state index in [9.17, 15) is 13.6 Å². The molecule has 0 aliphatic heterocycles. The van der Waals surface area contributed by atoms with E-state index in [2.05, 4.69) is 5.10 Å². The third kappa shape index (κ3) is 2.24. The lowest BCUT2D eigenvalue weighted by atomic mass is 10.0. The van der Waals surface area contributed by atoms with Crippen LogP contribution >= 0.6 is 0 Å². The maximum Gasteiger partial charge on any atom is 0.325 e. The van der Waals surface area contributed by atoms with Crippen molar-refractivity contribution in [1.82, 2.24) is 9.78 Å². The van der Waals surface area contributed by atoms with Gasteiger partial charge in [-0.1, -0.05) is 24.3 Å². The molecule has 1 aromatic heterocycles. The van der Waals surface area contributed by atoms with Gasteiger partial charge in [0.05, 0.1) is 17.3 Å². The zero-order valence-electron chi connectivity index (χ0n) is 10.8. The fraction of sp³-hybridized carbons (Fsp3) is 0.0667. The van der Waals surface area contributed by atoms with Crippen molar-refractivity contribution in [3.05, 3.63) is 54.2 Å². The summed E-state index contributed by atoms with van der Waals surface area (Å²) in [5.41, 5.74) is 0.487. The predicted octanol–water partition coefficient (Wildman–Crippen LogP) is 3.07. The number of fused-ring (bicyclic) bond motifs is 1. The van der Waals surface area contributed by atoms with Gasteiger partial charge in [-0.25, -0.2) is 8.78 Å². The first-order valence-electron chi connectivity index (χ1n) is 6.18. The van der Waals surface area contributed by atoms with Gasteiger partial charge < -0.3 is 5.11 Å². The van der Waals surface area contributed by atoms with Gasteiger partial charge in [-0.3, -0.25) is 9.48 Å². The molecule has 0 bridgehead atoms. The molecule has 0 atom stereocenters. The molecule has 4 nitrogen and oxygen atoms in total. The fourth-order valence-electron chi connectivity index (χ4n) is 2.35. The highest BCUT2D eigenvalue weighted by Crippen LogP contribution is 2.32. The second-order valence-electron chi connectivity index (χ2n) is 4.54. The van der Waals surface area contributed by atoms with Gasteiger partial charge in [0.1, 0.15) is 18.2 Å². The molecule has 0 amide bonds. The van der Waals surface area contributed by atoms with Crippen molar-refractivity contribution in [3.63, 3.8) is 0 Å². The van der Waals surface area contributed by atoms with E-state index in [1.807, 2.05) is 0 Å². The molecule has 1 heterocycles. The van der Waals surface area contributed by atoms with Gasteiger partial charge in [-0.2, -0.15) is 5.10 Å². The van der Waals surface area contributed by atoms with Crippen LogP contribution in [0.1, 0.15) is 0 Å². The SMILES string of the molecule is O=C(O)Cn1ncc2cccc(-c3c(F)cccc3F)c21. The van der Waals surface area contributed by atoms with E-state index in [0.717, 1.165) is 12.1 Å². The number of aromatic nitrogens is 2. The highest BCUT2D eigenvalue weighted by Gasteiger charge is 2.17. The Morgan fingerprint density at radius 2 is 1.81 bits per heavy atom. The minimum absolute atomic E-state index is 0.185. The number of hydrogen-bond donors (Lipinski definition) is 1. The maximum atomic E-state index is 14.0. The molecule has 0 radical (unpaired) electrons. The van der Waals surface area contributed by atoms with Crippen LogP contribution in [0.5, 0.6) is 0 Å². The molecule has 0 saturated heterocycles. The minimum Gasteiger partial charge on any atom is -0.480 e. The molecule has 0 unspecified atom stereocenters. The van der Waals surface area contributed by atoms with E-state index in [4.69, 9.17) is 5.11 Å². The van der Waals surface area contributed by atoms with Crippen molar-refractivity contribution in [2.45, 2.75) is 6.54 Å². The molecule has 6 heteroatoms. The number of rotatable bonds is 3. The van der Waals surface area contributed by atoms with Gasteiger partial charge in [-0.15, -0.1) is 0 Å². The number of hydrogen-bond acceptors (Lipinski definition) is 2. The van der Waals surface area contributed by atoms with Crippen LogP contribution in [0.25, 0.3) is 22.0 Å². The standard InChI is InChI=1S/C15H10F2N2O2/c16-11-5-2-6-12(17)14(11)10-4-1-3-9-7-18-19(15(9)10)8-13(20)21/h1-7H,8H2,(H,20,21). The highest BCUT2D eigenvalue weighted by atomic mass is 19.1. The summed E-state index contributed by atoms with van der Waals surface area (Å²) in [6.07, 6.45) is 1.47. The number of aliphatic carboxylic acids is 1. The molecule has 0 saturated carbocycles. The first kappa shape index (κ1) is 13.2. The molecule has 0 fully saturated rings. The van der Waals surface area contributed by atoms with Gasteiger partial charge in [0.25, 0.3) is 0 Å². The summed E-state index contributed by atoms with van der Waals surface area (Å²) in [6.45, 7) is -0.378. The van der Waals surface area contributed by atoms with E-state index in [-0.39, 0.29) is 17.7 Å². The molecule has 21 heavy (non-hydrogen) atoms. The van der Waals surface area contributed by atoms with Crippen LogP contribution in [0.3, 0.4) is 0 Å². The van der Waals surface area contributed by atoms with E-state index in [1.165, 1.54) is 16.9 Å². The Hall–Kier alpha value is -2.76. The Kier molecular flexibility index (Phi) is 3.13. The van der Waals surface area contributed by atoms with Gasteiger partial charge in [0, 0.05) is 10.9 Å². The number of halogens is 2. The van der Waals surface area contributed by atoms with Crippen molar-refractivity contribution < 1.29 is 18.7 Å². The van der Waals surface area contributed by atoms with Crippen LogP contribution in [0.15, 0.2) is 42.6 Å². The predicted molar refractivity (Wildman–Crippen MR) is 72.7 cm³/mol. The van der Waals surface area contributed by atoms with Gasteiger partial charge in [-0.05, 0) is 12.1 Å². The minimum atomic E-state index is -1.08. The lowest BCUT2D eigenvalue weighted by molar-refractivity contribution is -0.137. The molecule has 3 rings (SSSR count). The van der Waals surface area contributed by atoms with Crippen molar-refractivity contribution in [2.75, 3.05) is 0 Å². The lowest BCUT2D eigenvalue weighted by Gasteiger charge is -2.09.